The van der Waals surface area contributed by atoms with Crippen LogP contribution < -0.4 is 0 Å². The minimum Gasteiger partial charge on any atom is -0.0622 e. The first-order valence-corrected chi connectivity index (χ1v) is 15.8. The maximum Gasteiger partial charge on any atom is -0.0105 e. The summed E-state index contributed by atoms with van der Waals surface area (Å²) in [6.07, 6.45) is 4.54. The Morgan fingerprint density at radius 2 is 0.478 bits per heavy atom. The fraction of sp³-hybridized carbons (Fsp3) is 0. The van der Waals surface area contributed by atoms with E-state index in [1.807, 2.05) is 0 Å². The van der Waals surface area contributed by atoms with E-state index in [0.717, 1.165) is 0 Å². The number of rotatable bonds is 8. The fourth-order valence-corrected chi connectivity index (χ4v) is 5.87. The van der Waals surface area contributed by atoms with E-state index in [2.05, 4.69) is 206 Å². The van der Waals surface area contributed by atoms with Gasteiger partial charge in [-0.1, -0.05) is 194 Å². The van der Waals surface area contributed by atoms with E-state index in [-0.39, 0.29) is 0 Å². The van der Waals surface area contributed by atoms with Crippen LogP contribution in [0.4, 0.5) is 0 Å². The van der Waals surface area contributed by atoms with Crippen molar-refractivity contribution < 1.29 is 0 Å². The van der Waals surface area contributed by atoms with Crippen LogP contribution in [0.5, 0.6) is 0 Å². The number of hydrogen-bond acceptors (Lipinski definition) is 0. The Hall–Kier alpha value is -5.98. The molecule has 7 aromatic carbocycles. The van der Waals surface area contributed by atoms with Crippen molar-refractivity contribution in [2.45, 2.75) is 0 Å². The monoisotopic (exact) mass is 586 g/mol. The molecule has 218 valence electrons. The molecule has 0 bridgehead atoms. The van der Waals surface area contributed by atoms with Gasteiger partial charge < -0.3 is 0 Å². The molecule has 0 amide bonds. The second kappa shape index (κ2) is 13.8. The maximum absolute atomic E-state index is 2.27. The average Bonchev–Trinajstić information content (AvgIpc) is 3.15. The third kappa shape index (κ3) is 6.73. The van der Waals surface area contributed by atoms with Crippen molar-refractivity contribution in [3.8, 4) is 22.3 Å². The summed E-state index contributed by atoms with van der Waals surface area (Å²) in [6.45, 7) is 0. The Kier molecular flexibility index (Phi) is 8.61. The lowest BCUT2D eigenvalue weighted by molar-refractivity contribution is 1.53. The van der Waals surface area contributed by atoms with Gasteiger partial charge >= 0.3 is 0 Å². The molecule has 7 rings (SSSR count). The molecule has 0 saturated heterocycles. The summed E-state index contributed by atoms with van der Waals surface area (Å²) >= 11 is 0. The Bertz CT molecular complexity index is 1900. The highest BCUT2D eigenvalue weighted by molar-refractivity contribution is 5.93. The molecule has 0 radical (unpaired) electrons. The molecule has 46 heavy (non-hydrogen) atoms. The van der Waals surface area contributed by atoms with Crippen LogP contribution in [-0.4, -0.2) is 0 Å². The van der Waals surface area contributed by atoms with E-state index >= 15 is 0 Å². The van der Waals surface area contributed by atoms with Gasteiger partial charge in [-0.2, -0.15) is 0 Å². The zero-order valence-electron chi connectivity index (χ0n) is 25.6. The van der Waals surface area contributed by atoms with E-state index in [9.17, 15) is 0 Å². The number of benzene rings is 7. The van der Waals surface area contributed by atoms with Crippen LogP contribution in [0, 0.1) is 0 Å². The zero-order valence-corrected chi connectivity index (χ0v) is 25.6. The first-order valence-electron chi connectivity index (χ1n) is 15.8. The van der Waals surface area contributed by atoms with E-state index in [1.54, 1.807) is 0 Å². The lowest BCUT2D eigenvalue weighted by Gasteiger charge is -2.12. The minimum atomic E-state index is 1.19. The van der Waals surface area contributed by atoms with Crippen LogP contribution in [0.3, 0.4) is 0 Å². The van der Waals surface area contributed by atoms with Crippen molar-refractivity contribution in [3.63, 3.8) is 0 Å². The molecule has 0 aliphatic carbocycles. The van der Waals surface area contributed by atoms with Crippen molar-refractivity contribution in [1.82, 2.24) is 0 Å². The van der Waals surface area contributed by atoms with Crippen molar-refractivity contribution >= 4 is 23.3 Å². The summed E-state index contributed by atoms with van der Waals surface area (Å²) in [5.74, 6) is 0. The van der Waals surface area contributed by atoms with Crippen molar-refractivity contribution in [3.05, 3.63) is 228 Å². The molecular formula is C46H34. The lowest BCUT2D eigenvalue weighted by atomic mass is 9.93. The van der Waals surface area contributed by atoms with Gasteiger partial charge in [0.1, 0.15) is 0 Å². The van der Waals surface area contributed by atoms with E-state index in [1.165, 1.54) is 66.8 Å². The standard InChI is InChI=1S/C46H34/c1-5-13-35(14-6-1)33-45(41-17-9-3-10-18-41)43-29-25-39(26-30-43)37-21-23-38(24-22-37)40-27-31-44(32-28-40)46(42-19-11-4-12-20-42)34-36-15-7-2-8-16-36/h1-34H/b45-33+,46-34+. The van der Waals surface area contributed by atoms with Gasteiger partial charge in [0.2, 0.25) is 0 Å². The summed E-state index contributed by atoms with van der Waals surface area (Å²) in [4.78, 5) is 0. The molecule has 0 heterocycles. The predicted octanol–water partition coefficient (Wildman–Crippen LogP) is 12.2. The molecule has 0 heteroatoms. The van der Waals surface area contributed by atoms with Gasteiger partial charge in [0.25, 0.3) is 0 Å². The molecule has 0 spiro atoms. The largest absolute Gasteiger partial charge is 0.0622 e. The highest BCUT2D eigenvalue weighted by atomic mass is 14.1. The van der Waals surface area contributed by atoms with Crippen molar-refractivity contribution in [2.75, 3.05) is 0 Å². The van der Waals surface area contributed by atoms with Gasteiger partial charge in [-0.25, -0.2) is 0 Å². The zero-order chi connectivity index (χ0) is 31.0. The fourth-order valence-electron chi connectivity index (χ4n) is 5.87. The summed E-state index contributed by atoms with van der Waals surface area (Å²) < 4.78 is 0. The normalized spacial score (nSPS) is 11.7. The lowest BCUT2D eigenvalue weighted by Crippen LogP contribution is -1.89. The van der Waals surface area contributed by atoms with Crippen LogP contribution in [0.15, 0.2) is 194 Å². The molecule has 0 aliphatic heterocycles. The number of hydrogen-bond donors (Lipinski definition) is 0. The van der Waals surface area contributed by atoms with Gasteiger partial charge in [-0.3, -0.25) is 0 Å². The van der Waals surface area contributed by atoms with Gasteiger partial charge in [0, 0.05) is 0 Å². The topological polar surface area (TPSA) is 0 Å². The van der Waals surface area contributed by atoms with Crippen molar-refractivity contribution in [2.24, 2.45) is 0 Å². The maximum atomic E-state index is 2.27. The first kappa shape index (κ1) is 28.8. The second-order valence-electron chi connectivity index (χ2n) is 11.4. The molecule has 0 nitrogen and oxygen atoms in total. The summed E-state index contributed by atoms with van der Waals surface area (Å²) in [7, 11) is 0. The molecule has 0 saturated carbocycles. The molecule has 0 N–H and O–H groups in total. The van der Waals surface area contributed by atoms with Gasteiger partial charge in [-0.15, -0.1) is 0 Å². The predicted molar refractivity (Wildman–Crippen MR) is 197 cm³/mol. The highest BCUT2D eigenvalue weighted by Crippen LogP contribution is 2.32. The highest BCUT2D eigenvalue weighted by Gasteiger charge is 2.09. The van der Waals surface area contributed by atoms with Crippen LogP contribution in [-0.2, 0) is 0 Å². The van der Waals surface area contributed by atoms with E-state index < -0.39 is 0 Å². The Balaban J connectivity index is 1.13. The van der Waals surface area contributed by atoms with Crippen molar-refractivity contribution in [1.29, 1.82) is 0 Å². The van der Waals surface area contributed by atoms with Gasteiger partial charge in [0.15, 0.2) is 0 Å². The van der Waals surface area contributed by atoms with Crippen LogP contribution in [0.1, 0.15) is 33.4 Å². The molecule has 7 aromatic rings. The molecular weight excluding hydrogens is 553 g/mol. The Morgan fingerprint density at radius 3 is 0.783 bits per heavy atom. The minimum absolute atomic E-state index is 1.19. The molecule has 0 aromatic heterocycles. The van der Waals surface area contributed by atoms with E-state index in [4.69, 9.17) is 0 Å². The molecule has 0 unspecified atom stereocenters. The second-order valence-corrected chi connectivity index (χ2v) is 11.4. The smallest absolute Gasteiger partial charge is 0.0105 e. The average molecular weight is 587 g/mol. The van der Waals surface area contributed by atoms with Crippen LogP contribution >= 0.6 is 0 Å². The first-order chi connectivity index (χ1) is 22.8. The van der Waals surface area contributed by atoms with Gasteiger partial charge in [-0.05, 0) is 78.9 Å². The van der Waals surface area contributed by atoms with Crippen LogP contribution in [0.2, 0.25) is 0 Å². The molecule has 0 fully saturated rings. The summed E-state index contributed by atoms with van der Waals surface area (Å²) in [5, 5.41) is 0. The quantitative estimate of drug-likeness (QED) is 0.155. The van der Waals surface area contributed by atoms with Gasteiger partial charge in [0.05, 0.1) is 0 Å². The van der Waals surface area contributed by atoms with E-state index in [0.29, 0.717) is 0 Å². The third-order valence-corrected chi connectivity index (χ3v) is 8.33. The summed E-state index contributed by atoms with van der Waals surface area (Å²) in [6, 6.07) is 69.0. The van der Waals surface area contributed by atoms with Crippen LogP contribution in [0.25, 0.3) is 45.6 Å². The Labute approximate surface area is 272 Å². The molecule has 0 aliphatic rings. The third-order valence-electron chi connectivity index (χ3n) is 8.33. The SMILES string of the molecule is C(=C(/c1ccccc1)c1ccc(-c2ccc(-c3ccc(/C(=C/c4ccccc4)c4ccccc4)cc3)cc2)cc1)/c1ccccc1. The summed E-state index contributed by atoms with van der Waals surface area (Å²) in [5.41, 5.74) is 14.5. The Morgan fingerprint density at radius 1 is 0.239 bits per heavy atom. The molecule has 0 atom stereocenters.